The first-order chi connectivity index (χ1) is 5.20. The molecule has 0 fully saturated rings. The van der Waals surface area contributed by atoms with Gasteiger partial charge >= 0.3 is 0 Å². The lowest BCUT2D eigenvalue weighted by Crippen LogP contribution is -2.30. The highest BCUT2D eigenvalue weighted by atomic mass is 14.9. The molecule has 0 bridgehead atoms. The van der Waals surface area contributed by atoms with Gasteiger partial charge in [-0.3, -0.25) is 0 Å². The average molecular weight is 158 g/mol. The molecule has 1 unspecified atom stereocenters. The maximum absolute atomic E-state index is 5.56. The number of rotatable bonds is 6. The van der Waals surface area contributed by atoms with Crippen LogP contribution in [0.3, 0.4) is 0 Å². The molecule has 0 heterocycles. The van der Waals surface area contributed by atoms with Crippen molar-refractivity contribution in [1.82, 2.24) is 5.32 Å². The highest BCUT2D eigenvalue weighted by molar-refractivity contribution is 4.61. The molecular formula is C9H22N2. The Kier molecular flexibility index (Phi) is 6.57. The molecule has 0 aliphatic carbocycles. The van der Waals surface area contributed by atoms with Crippen molar-refractivity contribution in [1.29, 1.82) is 0 Å². The number of hydrogen-bond donors (Lipinski definition) is 2. The van der Waals surface area contributed by atoms with E-state index in [4.69, 9.17) is 5.73 Å². The van der Waals surface area contributed by atoms with Crippen LogP contribution in [0.25, 0.3) is 0 Å². The van der Waals surface area contributed by atoms with Gasteiger partial charge in [-0.2, -0.15) is 0 Å². The molecule has 2 heteroatoms. The zero-order valence-corrected chi connectivity index (χ0v) is 8.06. The lowest BCUT2D eigenvalue weighted by atomic mass is 10.1. The summed E-state index contributed by atoms with van der Waals surface area (Å²) >= 11 is 0. The van der Waals surface area contributed by atoms with Crippen molar-refractivity contribution < 1.29 is 0 Å². The molecular weight excluding hydrogens is 136 g/mol. The summed E-state index contributed by atoms with van der Waals surface area (Å²) in [6.45, 7) is 9.62. The van der Waals surface area contributed by atoms with E-state index < -0.39 is 0 Å². The second-order valence-electron chi connectivity index (χ2n) is 3.56. The van der Waals surface area contributed by atoms with Crippen molar-refractivity contribution in [2.24, 2.45) is 17.6 Å². The third-order valence-electron chi connectivity index (χ3n) is 1.90. The molecule has 2 nitrogen and oxygen atoms in total. The molecule has 11 heavy (non-hydrogen) atoms. The monoisotopic (exact) mass is 158 g/mol. The molecule has 0 aliphatic rings. The molecule has 0 aliphatic heterocycles. The molecule has 0 rings (SSSR count). The first-order valence-electron chi connectivity index (χ1n) is 4.61. The summed E-state index contributed by atoms with van der Waals surface area (Å²) in [5, 5.41) is 3.41. The van der Waals surface area contributed by atoms with Crippen LogP contribution in [0.5, 0.6) is 0 Å². The molecule has 0 aromatic carbocycles. The normalized spacial score (nSPS) is 13.9. The molecule has 0 saturated heterocycles. The van der Waals surface area contributed by atoms with Gasteiger partial charge in [0.25, 0.3) is 0 Å². The number of nitrogens with two attached hydrogens (primary N) is 1. The molecule has 0 aromatic rings. The highest BCUT2D eigenvalue weighted by Crippen LogP contribution is 1.97. The van der Waals surface area contributed by atoms with Crippen LogP contribution in [0.1, 0.15) is 27.2 Å². The van der Waals surface area contributed by atoms with E-state index >= 15 is 0 Å². The van der Waals surface area contributed by atoms with Gasteiger partial charge in [0.15, 0.2) is 0 Å². The van der Waals surface area contributed by atoms with E-state index in [1.54, 1.807) is 0 Å². The van der Waals surface area contributed by atoms with Crippen molar-refractivity contribution in [2.45, 2.75) is 27.2 Å². The Morgan fingerprint density at radius 1 is 1.27 bits per heavy atom. The Hall–Kier alpha value is -0.0800. The SMILES string of the molecule is CCC(CN)CNCC(C)C. The van der Waals surface area contributed by atoms with Crippen LogP contribution in [0, 0.1) is 11.8 Å². The average Bonchev–Trinajstić information content (AvgIpc) is 1.98. The van der Waals surface area contributed by atoms with Crippen molar-refractivity contribution in [3.8, 4) is 0 Å². The maximum Gasteiger partial charge on any atom is -0.000845 e. The maximum atomic E-state index is 5.56. The Morgan fingerprint density at radius 3 is 2.27 bits per heavy atom. The third kappa shape index (κ3) is 6.32. The lowest BCUT2D eigenvalue weighted by Gasteiger charge is -2.14. The summed E-state index contributed by atoms with van der Waals surface area (Å²) in [7, 11) is 0. The minimum absolute atomic E-state index is 0.661. The van der Waals surface area contributed by atoms with Crippen molar-refractivity contribution in [2.75, 3.05) is 19.6 Å². The van der Waals surface area contributed by atoms with Crippen molar-refractivity contribution in [3.63, 3.8) is 0 Å². The van der Waals surface area contributed by atoms with Gasteiger partial charge in [-0.1, -0.05) is 27.2 Å². The van der Waals surface area contributed by atoms with Gasteiger partial charge in [0.05, 0.1) is 0 Å². The van der Waals surface area contributed by atoms with Crippen LogP contribution >= 0.6 is 0 Å². The van der Waals surface area contributed by atoms with Crippen LogP contribution in [0.2, 0.25) is 0 Å². The van der Waals surface area contributed by atoms with Gasteiger partial charge in [-0.15, -0.1) is 0 Å². The quantitative estimate of drug-likeness (QED) is 0.610. The molecule has 0 amide bonds. The topological polar surface area (TPSA) is 38.0 Å². The van der Waals surface area contributed by atoms with Crippen LogP contribution in [-0.2, 0) is 0 Å². The summed E-state index contributed by atoms with van der Waals surface area (Å²) in [4.78, 5) is 0. The largest absolute Gasteiger partial charge is 0.330 e. The van der Waals surface area contributed by atoms with Crippen molar-refractivity contribution in [3.05, 3.63) is 0 Å². The fourth-order valence-electron chi connectivity index (χ4n) is 0.970. The molecule has 3 N–H and O–H groups in total. The van der Waals surface area contributed by atoms with E-state index in [1.165, 1.54) is 6.42 Å². The summed E-state index contributed by atoms with van der Waals surface area (Å²) in [5.41, 5.74) is 5.56. The Bertz CT molecular complexity index is 77.6. The van der Waals surface area contributed by atoms with E-state index in [0.29, 0.717) is 5.92 Å². The van der Waals surface area contributed by atoms with Gasteiger partial charge in [0, 0.05) is 0 Å². The minimum atomic E-state index is 0.661. The van der Waals surface area contributed by atoms with E-state index in [2.05, 4.69) is 26.1 Å². The summed E-state index contributed by atoms with van der Waals surface area (Å²) in [6.07, 6.45) is 1.18. The zero-order chi connectivity index (χ0) is 8.69. The van der Waals surface area contributed by atoms with Gasteiger partial charge < -0.3 is 11.1 Å². The predicted octanol–water partition coefficient (Wildman–Crippen LogP) is 1.22. The van der Waals surface area contributed by atoms with Crippen LogP contribution in [0.4, 0.5) is 0 Å². The van der Waals surface area contributed by atoms with Crippen molar-refractivity contribution >= 4 is 0 Å². The first-order valence-corrected chi connectivity index (χ1v) is 4.61. The van der Waals surface area contributed by atoms with E-state index in [9.17, 15) is 0 Å². The van der Waals surface area contributed by atoms with Crippen LogP contribution in [-0.4, -0.2) is 19.6 Å². The molecule has 0 saturated carbocycles. The van der Waals surface area contributed by atoms with E-state index in [-0.39, 0.29) is 0 Å². The molecule has 68 valence electrons. The van der Waals surface area contributed by atoms with Gasteiger partial charge in [-0.25, -0.2) is 0 Å². The Morgan fingerprint density at radius 2 is 1.91 bits per heavy atom. The minimum Gasteiger partial charge on any atom is -0.330 e. The number of nitrogens with one attached hydrogen (secondary N) is 1. The highest BCUT2D eigenvalue weighted by Gasteiger charge is 2.02. The van der Waals surface area contributed by atoms with Gasteiger partial charge in [-0.05, 0) is 31.5 Å². The predicted molar refractivity (Wildman–Crippen MR) is 50.5 cm³/mol. The molecule has 0 aromatic heterocycles. The lowest BCUT2D eigenvalue weighted by molar-refractivity contribution is 0.446. The standard InChI is InChI=1S/C9H22N2/c1-4-9(5-10)7-11-6-8(2)3/h8-9,11H,4-7,10H2,1-3H3. The Labute approximate surface area is 70.5 Å². The van der Waals surface area contributed by atoms with Crippen LogP contribution in [0.15, 0.2) is 0 Å². The second-order valence-corrected chi connectivity index (χ2v) is 3.56. The third-order valence-corrected chi connectivity index (χ3v) is 1.90. The fourth-order valence-corrected chi connectivity index (χ4v) is 0.970. The fraction of sp³-hybridized carbons (Fsp3) is 1.00. The van der Waals surface area contributed by atoms with E-state index in [1.807, 2.05) is 0 Å². The molecule has 1 atom stereocenters. The number of hydrogen-bond acceptors (Lipinski definition) is 2. The first kappa shape index (κ1) is 10.9. The molecule has 0 spiro atoms. The van der Waals surface area contributed by atoms with Gasteiger partial charge in [0.2, 0.25) is 0 Å². The summed E-state index contributed by atoms with van der Waals surface area (Å²) in [5.74, 6) is 1.40. The second kappa shape index (κ2) is 6.62. The van der Waals surface area contributed by atoms with E-state index in [0.717, 1.165) is 25.6 Å². The zero-order valence-electron chi connectivity index (χ0n) is 8.06. The summed E-state index contributed by atoms with van der Waals surface area (Å²) < 4.78 is 0. The Balaban J connectivity index is 3.21. The van der Waals surface area contributed by atoms with Gasteiger partial charge in [0.1, 0.15) is 0 Å². The summed E-state index contributed by atoms with van der Waals surface area (Å²) in [6, 6.07) is 0. The molecule has 0 radical (unpaired) electrons. The van der Waals surface area contributed by atoms with Crippen LogP contribution < -0.4 is 11.1 Å². The smallest absolute Gasteiger partial charge is 0.000845 e.